The van der Waals surface area contributed by atoms with Crippen LogP contribution in [0.3, 0.4) is 0 Å². The monoisotopic (exact) mass is 819 g/mol. The van der Waals surface area contributed by atoms with Crippen LogP contribution in [0.15, 0.2) is 0 Å². The Morgan fingerprint density at radius 3 is 1.70 bits per heavy atom. The van der Waals surface area contributed by atoms with Gasteiger partial charge in [0.25, 0.3) is 7.82 Å². The minimum absolute atomic E-state index is 0.111. The molecule has 0 radical (unpaired) electrons. The number of unbranched alkanes of at least 4 members (excludes halogenated alkanes) is 2. The topological polar surface area (TPSA) is 362 Å². The predicted molar refractivity (Wildman–Crippen MR) is 176 cm³/mol. The molecule has 0 aromatic rings. The van der Waals surface area contributed by atoms with E-state index in [1.807, 2.05) is 0 Å². The van der Waals surface area contributed by atoms with Gasteiger partial charge in [-0.1, -0.05) is 13.8 Å². The maximum Gasteiger partial charge on any atom is 0.267 e. The number of phosphoric ester groups is 1. The molecule has 0 aromatic carbocycles. The lowest BCUT2D eigenvalue weighted by atomic mass is 10.0. The first-order valence-electron chi connectivity index (χ1n) is 17.0. The first kappa shape index (κ1) is 50.7. The van der Waals surface area contributed by atoms with E-state index in [9.17, 15) is 59.8 Å². The van der Waals surface area contributed by atoms with Gasteiger partial charge in [0, 0.05) is 25.6 Å². The molecule has 0 bridgehead atoms. The lowest BCUT2D eigenvalue weighted by Gasteiger charge is -2.28. The van der Waals surface area contributed by atoms with E-state index in [-0.39, 0.29) is 32.3 Å². The second kappa shape index (κ2) is 25.1. The van der Waals surface area contributed by atoms with Crippen molar-refractivity contribution in [1.29, 1.82) is 0 Å². The third-order valence-corrected chi connectivity index (χ3v) is 9.82. The van der Waals surface area contributed by atoms with E-state index < -0.39 is 115 Å². The average molecular weight is 820 g/mol. The molecule has 2 rings (SSSR count). The Hall–Kier alpha value is -0.340. The summed E-state index contributed by atoms with van der Waals surface area (Å²) in [5, 5.41) is 86.8. The second-order valence-corrected chi connectivity index (χ2v) is 16.0. The molecule has 0 aliphatic carbocycles. The number of hydrogen-bond acceptors (Lipinski definition) is 22. The molecule has 0 aromatic heterocycles. The molecule has 2 aliphatic heterocycles. The van der Waals surface area contributed by atoms with Crippen molar-refractivity contribution in [2.45, 2.75) is 107 Å². The van der Waals surface area contributed by atoms with Crippen LogP contribution >= 0.6 is 15.4 Å². The fourth-order valence-corrected chi connectivity index (χ4v) is 6.61. The van der Waals surface area contributed by atoms with E-state index >= 15 is 0 Å². The van der Waals surface area contributed by atoms with E-state index in [1.165, 1.54) is 7.11 Å². The van der Waals surface area contributed by atoms with Gasteiger partial charge in [0.05, 0.1) is 58.5 Å². The van der Waals surface area contributed by atoms with Crippen molar-refractivity contribution in [2.24, 2.45) is 17.6 Å². The van der Waals surface area contributed by atoms with E-state index in [1.54, 1.807) is 13.8 Å². The first-order valence-corrected chi connectivity index (χ1v) is 20.5. The zero-order valence-corrected chi connectivity index (χ0v) is 32.0. The van der Waals surface area contributed by atoms with Crippen molar-refractivity contribution < 1.29 is 102 Å². The maximum atomic E-state index is 11.7. The Bertz CT molecular complexity index is 1080. The van der Waals surface area contributed by atoms with Crippen LogP contribution in [0.4, 0.5) is 0 Å². The maximum absolute atomic E-state index is 11.7. The van der Waals surface area contributed by atoms with Gasteiger partial charge in [0.2, 0.25) is 0 Å². The molecular weight excluding hydrogens is 760 g/mol. The fourth-order valence-electron chi connectivity index (χ4n) is 5.08. The number of hydrogen-bond donors (Lipinski definition) is 10. The first-order chi connectivity index (χ1) is 24.7. The van der Waals surface area contributed by atoms with Crippen LogP contribution in [-0.2, 0) is 46.4 Å². The Kier molecular flexibility index (Phi) is 24.0. The summed E-state index contributed by atoms with van der Waals surface area (Å²) in [7, 11) is -7.47. The average Bonchev–Trinajstić information content (AvgIpc) is 3.55. The predicted octanol–water partition coefficient (Wildman–Crippen LogP) is -4.92. The summed E-state index contributed by atoms with van der Waals surface area (Å²) in [6, 6.07) is 0. The third kappa shape index (κ3) is 18.2. The molecule has 16 atom stereocenters. The van der Waals surface area contributed by atoms with Gasteiger partial charge in [-0.2, -0.15) is 0 Å². The van der Waals surface area contributed by atoms with E-state index in [2.05, 4.69) is 13.8 Å². The lowest BCUT2D eigenvalue weighted by molar-refractivity contribution is -0.229. The number of methoxy groups -OCH3 is 1. The van der Waals surface area contributed by atoms with Crippen molar-refractivity contribution in [3.63, 3.8) is 0 Å². The number of rotatable bonds is 25. The SMILES string of the molecule is CC1[C@H](OCC(O)C(O)C(O)COP(=O)([O-])OCCCCCN)O[C@H](CO)[C@@H]1OP(C)(=O)[O-].COCC(O)C(O)C(O)CO[C@@H]1O[C@H](CO)[C@H](O)C1C. The number of nitrogens with two attached hydrogens (primary N) is 1. The molecule has 0 saturated carbocycles. The summed E-state index contributed by atoms with van der Waals surface area (Å²) in [5.41, 5.74) is 5.33. The number of aliphatic hydroxyl groups is 9. The Balaban J connectivity index is 0.000000598. The Morgan fingerprint density at radius 1 is 0.736 bits per heavy atom. The zero-order chi connectivity index (χ0) is 40.5. The highest BCUT2D eigenvalue weighted by Gasteiger charge is 2.45. The van der Waals surface area contributed by atoms with Crippen LogP contribution < -0.4 is 15.5 Å². The van der Waals surface area contributed by atoms with Gasteiger partial charge in [0.15, 0.2) is 12.6 Å². The van der Waals surface area contributed by atoms with E-state index in [4.69, 9.17) is 34.3 Å². The summed E-state index contributed by atoms with van der Waals surface area (Å²) in [5.74, 6) is -1.03. The highest BCUT2D eigenvalue weighted by atomic mass is 31.2. The number of phosphoric acid groups is 1. The molecule has 2 saturated heterocycles. The van der Waals surface area contributed by atoms with Gasteiger partial charge in [-0.15, -0.1) is 0 Å². The molecule has 2 fully saturated rings. The Morgan fingerprint density at radius 2 is 1.23 bits per heavy atom. The van der Waals surface area contributed by atoms with Crippen LogP contribution in [0.5, 0.6) is 0 Å². The van der Waals surface area contributed by atoms with Gasteiger partial charge >= 0.3 is 0 Å². The molecule has 24 heteroatoms. The number of aliphatic hydroxyl groups excluding tert-OH is 9. The highest BCUT2D eigenvalue weighted by molar-refractivity contribution is 7.50. The molecule has 0 amide bonds. The van der Waals surface area contributed by atoms with Gasteiger partial charge in [-0.25, -0.2) is 0 Å². The summed E-state index contributed by atoms with van der Waals surface area (Å²) < 4.78 is 63.1. The largest absolute Gasteiger partial charge is 0.779 e. The smallest absolute Gasteiger partial charge is 0.267 e. The Labute approximate surface area is 308 Å². The molecule has 318 valence electrons. The third-order valence-electron chi connectivity index (χ3n) is 8.23. The molecular formula is C29H59NO21P2-2. The van der Waals surface area contributed by atoms with Crippen molar-refractivity contribution in [3.05, 3.63) is 0 Å². The molecule has 53 heavy (non-hydrogen) atoms. The summed E-state index contributed by atoms with van der Waals surface area (Å²) in [6.45, 7) is 1.79. The van der Waals surface area contributed by atoms with Crippen LogP contribution in [0, 0.1) is 11.8 Å². The number of ether oxygens (including phenoxy) is 5. The van der Waals surface area contributed by atoms with Gasteiger partial charge in [-0.05, 0) is 25.8 Å². The standard InChI is InChI=1S/C17H37NO13P2.C12H24O8/c1-11-16(31-32(2,23)24)14(8-19)30-17(11)27-9-12(20)15(22)13(21)10-29-33(25,26)28-7-5-3-4-6-18;1-6-10(16)9(3-13)20-12(6)19-5-8(15)11(17)7(14)4-18-2/h11-17,19-22H,3-10,18H2,1-2H3,(H,23,24)(H,25,26);6-17H,3-5H2,1-2H3/p-2/t11?,12?,13?,14-,15?,16-,17-;6?,7?,8?,9-,10-,11?,12-/m11/s1. The van der Waals surface area contributed by atoms with Crippen LogP contribution in [0.2, 0.25) is 0 Å². The minimum Gasteiger partial charge on any atom is -0.779 e. The van der Waals surface area contributed by atoms with Crippen LogP contribution in [0.1, 0.15) is 33.1 Å². The zero-order valence-electron chi connectivity index (χ0n) is 30.3. The van der Waals surface area contributed by atoms with E-state index in [0.717, 1.165) is 13.1 Å². The van der Waals surface area contributed by atoms with Crippen molar-refractivity contribution in [1.82, 2.24) is 0 Å². The lowest BCUT2D eigenvalue weighted by Crippen LogP contribution is -2.43. The molecule has 10 unspecified atom stereocenters. The summed E-state index contributed by atoms with van der Waals surface area (Å²) >= 11 is 0. The summed E-state index contributed by atoms with van der Waals surface area (Å²) in [6.07, 6.45) is -12.9. The quantitative estimate of drug-likeness (QED) is 0.0305. The second-order valence-electron chi connectivity index (χ2n) is 12.8. The molecule has 0 spiro atoms. The normalized spacial score (nSPS) is 31.8. The molecule has 2 heterocycles. The molecule has 2 aliphatic rings. The van der Waals surface area contributed by atoms with Gasteiger partial charge < -0.3 is 103 Å². The summed E-state index contributed by atoms with van der Waals surface area (Å²) in [4.78, 5) is 23.1. The van der Waals surface area contributed by atoms with Crippen LogP contribution in [-0.4, -0.2) is 186 Å². The minimum atomic E-state index is -4.71. The molecule has 11 N–H and O–H groups in total. The van der Waals surface area contributed by atoms with E-state index in [0.29, 0.717) is 19.4 Å². The molecule has 22 nitrogen and oxygen atoms in total. The van der Waals surface area contributed by atoms with Gasteiger partial charge in [0.1, 0.15) is 56.4 Å². The van der Waals surface area contributed by atoms with Crippen LogP contribution in [0.25, 0.3) is 0 Å². The van der Waals surface area contributed by atoms with Crippen molar-refractivity contribution in [3.8, 4) is 0 Å². The van der Waals surface area contributed by atoms with Gasteiger partial charge in [-0.3, -0.25) is 4.57 Å². The fraction of sp³-hybridized carbons (Fsp3) is 1.00. The van der Waals surface area contributed by atoms with Crippen molar-refractivity contribution in [2.75, 3.05) is 66.6 Å². The van der Waals surface area contributed by atoms with Crippen molar-refractivity contribution >= 4 is 15.4 Å². The highest BCUT2D eigenvalue weighted by Crippen LogP contribution is 2.41.